The van der Waals surface area contributed by atoms with Crippen molar-refractivity contribution in [2.24, 2.45) is 0 Å². The van der Waals surface area contributed by atoms with Crippen LogP contribution in [0, 0.1) is 6.92 Å². The molecule has 1 aliphatic heterocycles. The lowest BCUT2D eigenvalue weighted by molar-refractivity contribution is 0.0666. The van der Waals surface area contributed by atoms with Crippen molar-refractivity contribution in [2.45, 2.75) is 6.92 Å². The standard InChI is InChI=1S/C15H18ClN3OS/c1-10-3-4-11-12(9-10)21-14(13(11)16)15(20)17-19-7-5-18(2)6-8-19/h3-4,9H,5-8H2,1-2H3,(H,17,20). The van der Waals surface area contributed by atoms with Crippen molar-refractivity contribution in [2.75, 3.05) is 33.2 Å². The highest BCUT2D eigenvalue weighted by atomic mass is 35.5. The van der Waals surface area contributed by atoms with Crippen LogP contribution >= 0.6 is 22.9 Å². The Morgan fingerprint density at radius 3 is 2.71 bits per heavy atom. The number of fused-ring (bicyclic) bond motifs is 1. The van der Waals surface area contributed by atoms with Crippen molar-refractivity contribution in [1.82, 2.24) is 15.3 Å². The van der Waals surface area contributed by atoms with Crippen LogP contribution in [0.25, 0.3) is 10.1 Å². The number of thiophene rings is 1. The maximum atomic E-state index is 12.4. The molecular formula is C15H18ClN3OS. The number of piperazine rings is 1. The number of likely N-dealkylation sites (N-methyl/N-ethyl adjacent to an activating group) is 1. The van der Waals surface area contributed by atoms with Crippen LogP contribution in [0.5, 0.6) is 0 Å². The van der Waals surface area contributed by atoms with E-state index in [0.717, 1.165) is 36.3 Å². The number of carbonyl (C=O) groups is 1. The highest BCUT2D eigenvalue weighted by Gasteiger charge is 2.21. The Morgan fingerprint density at radius 2 is 2.00 bits per heavy atom. The quantitative estimate of drug-likeness (QED) is 0.923. The van der Waals surface area contributed by atoms with Gasteiger partial charge in [0.25, 0.3) is 5.91 Å². The monoisotopic (exact) mass is 323 g/mol. The van der Waals surface area contributed by atoms with E-state index in [0.29, 0.717) is 9.90 Å². The molecule has 2 aromatic rings. The zero-order chi connectivity index (χ0) is 15.0. The first-order valence-corrected chi connectivity index (χ1v) is 8.17. The van der Waals surface area contributed by atoms with Gasteiger partial charge in [0.05, 0.1) is 5.02 Å². The van der Waals surface area contributed by atoms with Gasteiger partial charge in [-0.15, -0.1) is 11.3 Å². The second-order valence-electron chi connectivity index (χ2n) is 5.48. The van der Waals surface area contributed by atoms with Crippen LogP contribution in [0.2, 0.25) is 5.02 Å². The van der Waals surface area contributed by atoms with E-state index < -0.39 is 0 Å². The smallest absolute Gasteiger partial charge is 0.277 e. The molecule has 1 aromatic heterocycles. The van der Waals surface area contributed by atoms with E-state index in [1.54, 1.807) is 0 Å². The second kappa shape index (κ2) is 5.93. The van der Waals surface area contributed by atoms with Gasteiger partial charge in [-0.2, -0.15) is 0 Å². The molecule has 1 fully saturated rings. The molecule has 0 atom stereocenters. The third-order valence-corrected chi connectivity index (χ3v) is 5.41. The molecule has 112 valence electrons. The number of halogens is 1. The van der Waals surface area contributed by atoms with Crippen molar-refractivity contribution in [1.29, 1.82) is 0 Å². The number of aryl methyl sites for hydroxylation is 1. The minimum Gasteiger partial charge on any atom is -0.304 e. The summed E-state index contributed by atoms with van der Waals surface area (Å²) in [5.41, 5.74) is 4.14. The van der Waals surface area contributed by atoms with Gasteiger partial charge >= 0.3 is 0 Å². The molecule has 0 spiro atoms. The predicted molar refractivity (Wildman–Crippen MR) is 88.1 cm³/mol. The Bertz CT molecular complexity index is 677. The molecule has 1 N–H and O–H groups in total. The average Bonchev–Trinajstić information content (AvgIpc) is 2.78. The molecule has 4 nitrogen and oxygen atoms in total. The van der Waals surface area contributed by atoms with Crippen molar-refractivity contribution >= 4 is 38.9 Å². The molecule has 0 unspecified atom stereocenters. The summed E-state index contributed by atoms with van der Waals surface area (Å²) in [4.78, 5) is 15.3. The number of nitrogens with one attached hydrogen (secondary N) is 1. The molecule has 2 heterocycles. The SMILES string of the molecule is Cc1ccc2c(Cl)c(C(=O)NN3CCN(C)CC3)sc2c1. The van der Waals surface area contributed by atoms with E-state index in [-0.39, 0.29) is 5.91 Å². The van der Waals surface area contributed by atoms with Crippen molar-refractivity contribution in [3.05, 3.63) is 33.7 Å². The predicted octanol–water partition coefficient (Wildman–Crippen LogP) is 2.76. The van der Waals surface area contributed by atoms with E-state index in [9.17, 15) is 4.79 Å². The van der Waals surface area contributed by atoms with Gasteiger partial charge in [0.2, 0.25) is 0 Å². The highest BCUT2D eigenvalue weighted by Crippen LogP contribution is 2.35. The number of hydrogen-bond acceptors (Lipinski definition) is 4. The minimum absolute atomic E-state index is 0.108. The number of carbonyl (C=O) groups excluding carboxylic acids is 1. The lowest BCUT2D eigenvalue weighted by Gasteiger charge is -2.32. The molecule has 1 aliphatic rings. The van der Waals surface area contributed by atoms with Crippen LogP contribution in [0.3, 0.4) is 0 Å². The Labute approximate surface area is 133 Å². The third kappa shape index (κ3) is 3.06. The van der Waals surface area contributed by atoms with Crippen LogP contribution in [0.1, 0.15) is 15.2 Å². The Kier molecular flexibility index (Phi) is 4.17. The van der Waals surface area contributed by atoms with E-state index in [1.807, 2.05) is 24.1 Å². The summed E-state index contributed by atoms with van der Waals surface area (Å²) in [5, 5.41) is 3.48. The Morgan fingerprint density at radius 1 is 1.29 bits per heavy atom. The summed E-state index contributed by atoms with van der Waals surface area (Å²) in [6.45, 7) is 5.63. The maximum Gasteiger partial charge on any atom is 0.277 e. The number of hydrogen-bond donors (Lipinski definition) is 1. The molecule has 1 amide bonds. The Balaban J connectivity index is 1.80. The minimum atomic E-state index is -0.108. The number of nitrogens with zero attached hydrogens (tertiary/aromatic N) is 2. The van der Waals surface area contributed by atoms with Gasteiger partial charge in [0.1, 0.15) is 4.88 Å². The van der Waals surface area contributed by atoms with Gasteiger partial charge in [-0.3, -0.25) is 10.2 Å². The van der Waals surface area contributed by atoms with E-state index in [2.05, 4.69) is 23.4 Å². The average molecular weight is 324 g/mol. The second-order valence-corrected chi connectivity index (χ2v) is 6.91. The van der Waals surface area contributed by atoms with Crippen molar-refractivity contribution < 1.29 is 4.79 Å². The first-order chi connectivity index (χ1) is 10.0. The zero-order valence-electron chi connectivity index (χ0n) is 12.1. The van der Waals surface area contributed by atoms with Gasteiger partial charge in [0, 0.05) is 36.3 Å². The molecular weight excluding hydrogens is 306 g/mol. The van der Waals surface area contributed by atoms with Gasteiger partial charge in [-0.05, 0) is 25.6 Å². The van der Waals surface area contributed by atoms with Crippen molar-refractivity contribution in [3.63, 3.8) is 0 Å². The first kappa shape index (κ1) is 14.8. The van der Waals surface area contributed by atoms with E-state index >= 15 is 0 Å². The molecule has 6 heteroatoms. The molecule has 3 rings (SSSR count). The third-order valence-electron chi connectivity index (χ3n) is 3.75. The summed E-state index contributed by atoms with van der Waals surface area (Å²) in [6, 6.07) is 6.07. The van der Waals surface area contributed by atoms with Crippen LogP contribution in [0.15, 0.2) is 18.2 Å². The Hall–Kier alpha value is -1.14. The summed E-state index contributed by atoms with van der Waals surface area (Å²) in [6.07, 6.45) is 0. The fourth-order valence-corrected chi connectivity index (χ4v) is 3.94. The maximum absolute atomic E-state index is 12.4. The van der Waals surface area contributed by atoms with Crippen molar-refractivity contribution in [3.8, 4) is 0 Å². The molecule has 0 bridgehead atoms. The fraction of sp³-hybridized carbons (Fsp3) is 0.400. The number of amides is 1. The number of benzene rings is 1. The normalized spacial score (nSPS) is 17.3. The molecule has 0 saturated carbocycles. The molecule has 1 saturated heterocycles. The summed E-state index contributed by atoms with van der Waals surface area (Å²) >= 11 is 7.82. The molecule has 1 aromatic carbocycles. The lowest BCUT2D eigenvalue weighted by atomic mass is 10.2. The largest absolute Gasteiger partial charge is 0.304 e. The van der Waals surface area contributed by atoms with Crippen LogP contribution in [0.4, 0.5) is 0 Å². The molecule has 21 heavy (non-hydrogen) atoms. The fourth-order valence-electron chi connectivity index (χ4n) is 2.43. The number of hydrazine groups is 1. The summed E-state index contributed by atoms with van der Waals surface area (Å²) in [5.74, 6) is -0.108. The van der Waals surface area contributed by atoms with E-state index in [4.69, 9.17) is 11.6 Å². The molecule has 0 aliphatic carbocycles. The molecule has 0 radical (unpaired) electrons. The first-order valence-electron chi connectivity index (χ1n) is 6.98. The van der Waals surface area contributed by atoms with Gasteiger partial charge in [0.15, 0.2) is 0 Å². The van der Waals surface area contributed by atoms with Gasteiger partial charge < -0.3 is 4.90 Å². The van der Waals surface area contributed by atoms with Gasteiger partial charge in [-0.25, -0.2) is 5.01 Å². The lowest BCUT2D eigenvalue weighted by Crippen LogP contribution is -2.52. The zero-order valence-corrected chi connectivity index (χ0v) is 13.7. The summed E-state index contributed by atoms with van der Waals surface area (Å²) in [7, 11) is 2.09. The van der Waals surface area contributed by atoms with Crippen LogP contribution < -0.4 is 5.43 Å². The number of rotatable bonds is 2. The topological polar surface area (TPSA) is 35.6 Å². The van der Waals surface area contributed by atoms with Gasteiger partial charge in [-0.1, -0.05) is 23.7 Å². The van der Waals surface area contributed by atoms with E-state index in [1.165, 1.54) is 16.9 Å². The summed E-state index contributed by atoms with van der Waals surface area (Å²) < 4.78 is 1.06. The highest BCUT2D eigenvalue weighted by molar-refractivity contribution is 7.21. The van der Waals surface area contributed by atoms with Crippen LogP contribution in [-0.4, -0.2) is 49.0 Å². The van der Waals surface area contributed by atoms with Crippen LogP contribution in [-0.2, 0) is 0 Å².